The molecule has 0 aliphatic carbocycles. The van der Waals surface area contributed by atoms with Crippen molar-refractivity contribution in [3.8, 4) is 0 Å². The Balaban J connectivity index is 1.42. The maximum Gasteiger partial charge on any atom is 0.264 e. The molecule has 0 unspecified atom stereocenters. The molecule has 2 aromatic heterocycles. The van der Waals surface area contributed by atoms with Gasteiger partial charge in [-0.2, -0.15) is 0 Å². The topological polar surface area (TPSA) is 185 Å². The second kappa shape index (κ2) is 11.1. The molecule has 0 radical (unpaired) electrons. The van der Waals surface area contributed by atoms with Crippen LogP contribution in [0.1, 0.15) is 18.2 Å². The quantitative estimate of drug-likeness (QED) is 0.185. The average molecular weight is 608 g/mol. The van der Waals surface area contributed by atoms with Crippen LogP contribution in [0.15, 0.2) is 87.1 Å². The van der Waals surface area contributed by atoms with Crippen molar-refractivity contribution in [2.24, 2.45) is 0 Å². The molecule has 0 atom stereocenters. The summed E-state index contributed by atoms with van der Waals surface area (Å²) in [6, 6.07) is 18.3. The van der Waals surface area contributed by atoms with E-state index in [1.54, 1.807) is 38.1 Å². The third kappa shape index (κ3) is 6.16. The van der Waals surface area contributed by atoms with Gasteiger partial charge in [0.25, 0.3) is 20.0 Å². The lowest BCUT2D eigenvalue weighted by molar-refractivity contribution is -0.114. The molecule has 5 rings (SSSR count). The smallest absolute Gasteiger partial charge is 0.264 e. The summed E-state index contributed by atoms with van der Waals surface area (Å²) in [5, 5.41) is 9.36. The lowest BCUT2D eigenvalue weighted by Crippen LogP contribution is -2.16. The van der Waals surface area contributed by atoms with Crippen molar-refractivity contribution < 1.29 is 26.2 Å². The minimum absolute atomic E-state index is 0.0304. The molecule has 5 aromatic rings. The summed E-state index contributed by atoms with van der Waals surface area (Å²) >= 11 is 0. The maximum atomic E-state index is 13.2. The van der Waals surface area contributed by atoms with Crippen LogP contribution in [0.25, 0.3) is 11.0 Å². The summed E-state index contributed by atoms with van der Waals surface area (Å²) in [4.78, 5) is 20.2. The lowest BCUT2D eigenvalue weighted by atomic mass is 10.3. The normalized spacial score (nSPS) is 11.7. The van der Waals surface area contributed by atoms with Crippen molar-refractivity contribution in [2.75, 3.05) is 20.1 Å². The van der Waals surface area contributed by atoms with E-state index in [1.807, 2.05) is 0 Å². The molecular formula is C27H25N7O6S2. The van der Waals surface area contributed by atoms with Crippen molar-refractivity contribution in [3.63, 3.8) is 0 Å². The van der Waals surface area contributed by atoms with Crippen molar-refractivity contribution in [1.29, 1.82) is 0 Å². The van der Waals surface area contributed by atoms with Crippen molar-refractivity contribution in [3.05, 3.63) is 84.1 Å². The summed E-state index contributed by atoms with van der Waals surface area (Å²) in [5.74, 6) is -0.238. The molecule has 3 aromatic carbocycles. The number of hydrogen-bond donors (Lipinski definition) is 4. The van der Waals surface area contributed by atoms with Crippen LogP contribution in [-0.4, -0.2) is 37.9 Å². The number of para-hydroxylation sites is 2. The summed E-state index contributed by atoms with van der Waals surface area (Å²) in [6.45, 7) is 4.74. The molecule has 4 N–H and O–H groups in total. The highest BCUT2D eigenvalue weighted by Gasteiger charge is 2.21. The van der Waals surface area contributed by atoms with E-state index in [2.05, 4.69) is 35.2 Å². The van der Waals surface area contributed by atoms with Gasteiger partial charge in [-0.3, -0.25) is 9.52 Å². The Kier molecular flexibility index (Phi) is 7.53. The van der Waals surface area contributed by atoms with Crippen LogP contribution in [0, 0.1) is 13.8 Å². The van der Waals surface area contributed by atoms with E-state index in [9.17, 15) is 21.6 Å². The number of benzene rings is 3. The molecule has 216 valence electrons. The number of aromatic nitrogens is 3. The Morgan fingerprint density at radius 1 is 0.714 bits per heavy atom. The number of fused-ring (bicyclic) bond motifs is 1. The summed E-state index contributed by atoms with van der Waals surface area (Å²) in [7, 11) is -8.07. The van der Waals surface area contributed by atoms with Gasteiger partial charge < -0.3 is 15.2 Å². The van der Waals surface area contributed by atoms with Gasteiger partial charge >= 0.3 is 0 Å². The largest absolute Gasteiger partial charge is 0.337 e. The number of sulfonamides is 2. The summed E-state index contributed by atoms with van der Waals surface area (Å²) in [5.41, 5.74) is 2.96. The van der Waals surface area contributed by atoms with Gasteiger partial charge in [0.1, 0.15) is 0 Å². The van der Waals surface area contributed by atoms with Crippen molar-refractivity contribution >= 4 is 65.9 Å². The molecule has 0 bridgehead atoms. The average Bonchev–Trinajstić information content (AvgIpc) is 3.25. The number of anilines is 5. The number of nitrogens with zero attached hydrogens (tertiary/aromatic N) is 3. The Hall–Kier alpha value is -5.02. The minimum Gasteiger partial charge on any atom is -0.337 e. The predicted molar refractivity (Wildman–Crippen MR) is 158 cm³/mol. The highest BCUT2D eigenvalue weighted by Crippen LogP contribution is 2.29. The van der Waals surface area contributed by atoms with Gasteiger partial charge in [-0.1, -0.05) is 17.3 Å². The van der Waals surface area contributed by atoms with Gasteiger partial charge in [-0.15, -0.1) is 0 Å². The first kappa shape index (κ1) is 28.5. The molecule has 0 saturated carbocycles. The van der Waals surface area contributed by atoms with Gasteiger partial charge in [0.2, 0.25) is 11.8 Å². The van der Waals surface area contributed by atoms with Crippen LogP contribution >= 0.6 is 0 Å². The van der Waals surface area contributed by atoms with Crippen LogP contribution in [0.5, 0.6) is 0 Å². The second-order valence-corrected chi connectivity index (χ2v) is 12.6. The Morgan fingerprint density at radius 2 is 1.24 bits per heavy atom. The van der Waals surface area contributed by atoms with Crippen LogP contribution in [-0.2, 0) is 24.8 Å². The van der Waals surface area contributed by atoms with E-state index >= 15 is 0 Å². The van der Waals surface area contributed by atoms with E-state index in [-0.39, 0.29) is 33.2 Å². The molecule has 13 nitrogen and oxygen atoms in total. The highest BCUT2D eigenvalue weighted by atomic mass is 32.2. The van der Waals surface area contributed by atoms with Crippen LogP contribution in [0.3, 0.4) is 0 Å². The van der Waals surface area contributed by atoms with E-state index in [0.29, 0.717) is 33.7 Å². The Labute approximate surface area is 241 Å². The van der Waals surface area contributed by atoms with Gasteiger partial charge in [-0.05, 0) is 74.5 Å². The molecule has 0 spiro atoms. The minimum atomic E-state index is -4.11. The zero-order valence-electron chi connectivity index (χ0n) is 22.5. The standard InChI is InChI=1S/C27H25N7O6S2/c1-16-17(2)32-40-27(16)34-42(38,39)22-14-10-20(11-15-22)29-25-26(31-24-7-5-4-6-23(24)30-25)33-41(36,37)21-12-8-19(9-13-21)28-18(3)35/h4-15,34H,1-3H3,(H,28,35)(H,29,30)(H,31,33). The predicted octanol–water partition coefficient (Wildman–Crippen LogP) is 4.54. The molecule has 2 heterocycles. The molecule has 1 amide bonds. The third-order valence-electron chi connectivity index (χ3n) is 6.10. The number of nitrogens with one attached hydrogen (secondary N) is 4. The van der Waals surface area contributed by atoms with Crippen molar-refractivity contribution in [1.82, 2.24) is 15.1 Å². The fraction of sp³-hybridized carbons (Fsp3) is 0.111. The van der Waals surface area contributed by atoms with Crippen LogP contribution < -0.4 is 20.1 Å². The Morgan fingerprint density at radius 3 is 1.76 bits per heavy atom. The molecule has 0 aliphatic heterocycles. The van der Waals surface area contributed by atoms with Gasteiger partial charge in [0.05, 0.1) is 26.5 Å². The number of aryl methyl sites for hydroxylation is 1. The first-order chi connectivity index (χ1) is 19.9. The zero-order valence-corrected chi connectivity index (χ0v) is 24.2. The molecular weight excluding hydrogens is 582 g/mol. The summed E-state index contributed by atoms with van der Waals surface area (Å²) < 4.78 is 62.1. The van der Waals surface area contributed by atoms with E-state index in [4.69, 9.17) is 4.52 Å². The number of hydrogen-bond acceptors (Lipinski definition) is 10. The van der Waals surface area contributed by atoms with Crippen molar-refractivity contribution in [2.45, 2.75) is 30.6 Å². The number of carbonyl (C=O) groups excluding carboxylic acids is 1. The first-order valence-electron chi connectivity index (χ1n) is 12.4. The van der Waals surface area contributed by atoms with Gasteiger partial charge in [0, 0.05) is 23.9 Å². The van der Waals surface area contributed by atoms with E-state index in [1.165, 1.54) is 55.5 Å². The Bertz CT molecular complexity index is 2010. The van der Waals surface area contributed by atoms with Crippen LogP contribution in [0.4, 0.5) is 28.9 Å². The van der Waals surface area contributed by atoms with Gasteiger partial charge in [-0.25, -0.2) is 31.5 Å². The van der Waals surface area contributed by atoms with Gasteiger partial charge in [0.15, 0.2) is 11.6 Å². The number of rotatable bonds is 9. The number of carbonyl (C=O) groups is 1. The third-order valence-corrected chi connectivity index (χ3v) is 8.80. The lowest BCUT2D eigenvalue weighted by Gasteiger charge is -2.14. The first-order valence-corrected chi connectivity index (χ1v) is 15.4. The maximum absolute atomic E-state index is 13.2. The van der Waals surface area contributed by atoms with Crippen LogP contribution in [0.2, 0.25) is 0 Å². The SMILES string of the molecule is CC(=O)Nc1ccc(S(=O)(=O)Nc2nc3ccccc3nc2Nc2ccc(S(=O)(=O)Nc3onc(C)c3C)cc2)cc1. The second-order valence-electron chi connectivity index (χ2n) is 9.20. The molecule has 42 heavy (non-hydrogen) atoms. The highest BCUT2D eigenvalue weighted by molar-refractivity contribution is 7.93. The zero-order chi connectivity index (χ0) is 30.1. The van der Waals surface area contributed by atoms with E-state index < -0.39 is 20.0 Å². The monoisotopic (exact) mass is 607 g/mol. The molecule has 0 aliphatic rings. The fourth-order valence-corrected chi connectivity index (χ4v) is 5.87. The van der Waals surface area contributed by atoms with E-state index in [0.717, 1.165) is 0 Å². The molecule has 0 fully saturated rings. The number of amides is 1. The molecule has 15 heteroatoms. The molecule has 0 saturated heterocycles. The summed E-state index contributed by atoms with van der Waals surface area (Å²) in [6.07, 6.45) is 0. The fourth-order valence-electron chi connectivity index (χ4n) is 3.81.